The molecule has 8 heteroatoms. The molecular weight excluding hydrogens is 354 g/mol. The van der Waals surface area contributed by atoms with Gasteiger partial charge in [-0.05, 0) is 23.4 Å². The van der Waals surface area contributed by atoms with Gasteiger partial charge in [-0.1, -0.05) is 41.6 Å². The first-order valence-corrected chi connectivity index (χ1v) is 8.85. The third-order valence-electron chi connectivity index (χ3n) is 3.48. The highest BCUT2D eigenvalue weighted by Gasteiger charge is 2.40. The Kier molecular flexibility index (Phi) is 6.34. The Hall–Kier alpha value is -2.71. The maximum atomic E-state index is 12.3. The topological polar surface area (TPSA) is 81.1 Å². The minimum Gasteiger partial charge on any atom is -0.393 e. The molecule has 2 amide bonds. The average Bonchev–Trinajstić information content (AvgIpc) is 2.94. The lowest BCUT2D eigenvalue weighted by atomic mass is 10.2. The summed E-state index contributed by atoms with van der Waals surface area (Å²) in [6.45, 7) is 0.575. The van der Waals surface area contributed by atoms with Gasteiger partial charge in [0.15, 0.2) is 5.44 Å². The molecule has 0 spiro atoms. The Morgan fingerprint density at radius 1 is 1.15 bits per heavy atom. The van der Waals surface area contributed by atoms with Crippen LogP contribution in [0.2, 0.25) is 0 Å². The number of thioether (sulfide) groups is 1. The van der Waals surface area contributed by atoms with Gasteiger partial charge in [0, 0.05) is 18.0 Å². The van der Waals surface area contributed by atoms with Crippen LogP contribution in [0.3, 0.4) is 0 Å². The van der Waals surface area contributed by atoms with E-state index in [1.165, 1.54) is 11.1 Å². The Morgan fingerprint density at radius 3 is 2.77 bits per heavy atom. The van der Waals surface area contributed by atoms with Gasteiger partial charge < -0.3 is 9.57 Å². The molecule has 0 radical (unpaired) electrons. The van der Waals surface area contributed by atoms with E-state index in [1.807, 2.05) is 36.4 Å². The zero-order chi connectivity index (χ0) is 18.2. The van der Waals surface area contributed by atoms with E-state index in [4.69, 9.17) is 9.57 Å². The first kappa shape index (κ1) is 18.1. The van der Waals surface area contributed by atoms with Crippen molar-refractivity contribution in [3.8, 4) is 0 Å². The first-order chi connectivity index (χ1) is 12.7. The second kappa shape index (κ2) is 9.12. The van der Waals surface area contributed by atoms with Crippen molar-refractivity contribution in [1.82, 2.24) is 9.88 Å². The van der Waals surface area contributed by atoms with Crippen LogP contribution in [0.5, 0.6) is 0 Å². The highest BCUT2D eigenvalue weighted by atomic mass is 32.2. The lowest BCUT2D eigenvalue weighted by Gasteiger charge is -2.13. The number of amides is 2. The van der Waals surface area contributed by atoms with Crippen molar-refractivity contribution in [2.24, 2.45) is 5.16 Å². The van der Waals surface area contributed by atoms with E-state index in [0.717, 1.165) is 22.9 Å². The van der Waals surface area contributed by atoms with Crippen LogP contribution in [-0.4, -0.2) is 45.9 Å². The molecule has 26 heavy (non-hydrogen) atoms. The van der Waals surface area contributed by atoms with Crippen LogP contribution < -0.4 is 0 Å². The Bertz CT molecular complexity index is 771. The molecule has 134 valence electrons. The largest absolute Gasteiger partial charge is 0.393 e. The van der Waals surface area contributed by atoms with Crippen LogP contribution in [0.25, 0.3) is 0 Å². The summed E-state index contributed by atoms with van der Waals surface area (Å²) in [6.07, 6.45) is 4.86. The molecule has 2 aromatic rings. The average molecular weight is 371 g/mol. The van der Waals surface area contributed by atoms with Crippen molar-refractivity contribution in [2.45, 2.75) is 12.0 Å². The number of oxime groups is 1. The monoisotopic (exact) mass is 371 g/mol. The van der Waals surface area contributed by atoms with Gasteiger partial charge in [0.1, 0.15) is 6.61 Å². The molecule has 1 aliphatic heterocycles. The highest BCUT2D eigenvalue weighted by molar-refractivity contribution is 8.15. The fourth-order valence-electron chi connectivity index (χ4n) is 2.23. The van der Waals surface area contributed by atoms with Gasteiger partial charge in [-0.2, -0.15) is 0 Å². The molecule has 0 N–H and O–H groups in total. The number of hydrogen-bond acceptors (Lipinski definition) is 7. The van der Waals surface area contributed by atoms with Gasteiger partial charge in [0.25, 0.3) is 11.1 Å². The molecule has 1 aromatic carbocycles. The summed E-state index contributed by atoms with van der Waals surface area (Å²) in [5, 5.41) is 3.49. The number of pyridine rings is 1. The summed E-state index contributed by atoms with van der Waals surface area (Å²) in [5.74, 6) is -0.345. The molecule has 3 rings (SSSR count). The Labute approximate surface area is 155 Å². The second-order valence-electron chi connectivity index (χ2n) is 5.35. The third-order valence-corrected chi connectivity index (χ3v) is 4.46. The molecule has 0 bridgehead atoms. The second-order valence-corrected chi connectivity index (χ2v) is 6.36. The molecule has 1 atom stereocenters. The maximum Gasteiger partial charge on any atom is 0.291 e. The van der Waals surface area contributed by atoms with Gasteiger partial charge in [0.2, 0.25) is 0 Å². The number of nitrogens with zero attached hydrogens (tertiary/aromatic N) is 3. The number of rotatable bonds is 8. The quantitative estimate of drug-likeness (QED) is 0.403. The maximum absolute atomic E-state index is 12.3. The molecule has 1 unspecified atom stereocenters. The Balaban J connectivity index is 1.41. The van der Waals surface area contributed by atoms with Crippen LogP contribution in [0.15, 0.2) is 60.0 Å². The minimum absolute atomic E-state index is 0.153. The first-order valence-electron chi connectivity index (χ1n) is 7.97. The van der Waals surface area contributed by atoms with E-state index < -0.39 is 5.44 Å². The number of carbonyl (C=O) groups excluding carboxylic acids is 2. The van der Waals surface area contributed by atoms with Crippen molar-refractivity contribution in [3.05, 3.63) is 66.0 Å². The van der Waals surface area contributed by atoms with Gasteiger partial charge in [-0.15, -0.1) is 0 Å². The van der Waals surface area contributed by atoms with E-state index >= 15 is 0 Å². The third kappa shape index (κ3) is 4.90. The summed E-state index contributed by atoms with van der Waals surface area (Å²) in [6, 6.07) is 13.0. The van der Waals surface area contributed by atoms with Gasteiger partial charge in [-0.25, -0.2) is 0 Å². The minimum atomic E-state index is -0.836. The van der Waals surface area contributed by atoms with Crippen molar-refractivity contribution in [3.63, 3.8) is 0 Å². The molecule has 1 aliphatic rings. The summed E-state index contributed by atoms with van der Waals surface area (Å²) >= 11 is 0.875. The van der Waals surface area contributed by atoms with E-state index in [9.17, 15) is 9.59 Å². The molecule has 1 saturated heterocycles. The molecule has 1 fully saturated rings. The van der Waals surface area contributed by atoms with E-state index in [2.05, 4.69) is 10.1 Å². The molecule has 2 heterocycles. The predicted octanol–water partition coefficient (Wildman–Crippen LogP) is 2.67. The lowest BCUT2D eigenvalue weighted by molar-refractivity contribution is -0.134. The van der Waals surface area contributed by atoms with E-state index in [1.54, 1.807) is 18.5 Å². The van der Waals surface area contributed by atoms with Gasteiger partial charge >= 0.3 is 0 Å². The van der Waals surface area contributed by atoms with Gasteiger partial charge in [0.05, 0.1) is 19.4 Å². The number of ether oxygens (including phenoxy) is 1. The molecule has 7 nitrogen and oxygen atoms in total. The van der Waals surface area contributed by atoms with Gasteiger partial charge in [-0.3, -0.25) is 19.5 Å². The molecule has 0 aliphatic carbocycles. The predicted molar refractivity (Wildman–Crippen MR) is 97.5 cm³/mol. The number of imide groups is 1. The normalized spacial score (nSPS) is 17.2. The zero-order valence-electron chi connectivity index (χ0n) is 13.9. The van der Waals surface area contributed by atoms with Crippen LogP contribution in [-0.2, 0) is 20.9 Å². The van der Waals surface area contributed by atoms with Crippen LogP contribution in [0.1, 0.15) is 11.1 Å². The highest BCUT2D eigenvalue weighted by Crippen LogP contribution is 2.29. The molecular formula is C18H17N3O4S. The summed E-state index contributed by atoms with van der Waals surface area (Å²) in [7, 11) is 0. The number of aromatic nitrogens is 1. The van der Waals surface area contributed by atoms with Crippen LogP contribution in [0, 0.1) is 0 Å². The van der Waals surface area contributed by atoms with Crippen LogP contribution in [0.4, 0.5) is 4.79 Å². The van der Waals surface area contributed by atoms with Crippen molar-refractivity contribution >= 4 is 29.1 Å². The standard InChI is InChI=1S/C18H17N3O4S/c22-16-17(24-9-10-25-20-12-15-7-4-8-19-11-15)26-18(23)21(16)13-14-5-2-1-3-6-14/h1-8,11-12,17H,9-10,13H2. The SMILES string of the molecule is O=C1SC(OCCON=Cc2cccnc2)C(=O)N1Cc1ccccc1. The van der Waals surface area contributed by atoms with Crippen molar-refractivity contribution in [2.75, 3.05) is 13.2 Å². The van der Waals surface area contributed by atoms with E-state index in [-0.39, 0.29) is 30.9 Å². The number of hydrogen-bond donors (Lipinski definition) is 0. The number of benzene rings is 1. The fourth-order valence-corrected chi connectivity index (χ4v) is 3.09. The summed E-state index contributed by atoms with van der Waals surface area (Å²) < 4.78 is 5.45. The van der Waals surface area contributed by atoms with Crippen LogP contribution >= 0.6 is 11.8 Å². The van der Waals surface area contributed by atoms with E-state index in [0.29, 0.717) is 0 Å². The Morgan fingerprint density at radius 2 is 2.00 bits per heavy atom. The van der Waals surface area contributed by atoms with Crippen molar-refractivity contribution in [1.29, 1.82) is 0 Å². The molecule has 0 saturated carbocycles. The number of carbonyl (C=O) groups is 2. The fraction of sp³-hybridized carbons (Fsp3) is 0.222. The van der Waals surface area contributed by atoms with Crippen molar-refractivity contribution < 1.29 is 19.2 Å². The summed E-state index contributed by atoms with van der Waals surface area (Å²) in [5.41, 5.74) is 0.873. The molecule has 1 aromatic heterocycles. The lowest BCUT2D eigenvalue weighted by Crippen LogP contribution is -2.32. The summed E-state index contributed by atoms with van der Waals surface area (Å²) in [4.78, 5) is 34.6. The smallest absolute Gasteiger partial charge is 0.291 e. The zero-order valence-corrected chi connectivity index (χ0v) is 14.7.